The molecule has 2 aromatic rings. The molecule has 2 heterocycles. The van der Waals surface area contributed by atoms with Crippen molar-refractivity contribution in [2.45, 2.75) is 19.1 Å². The largest absolute Gasteiger partial charge is 0.497 e. The number of amides is 2. The lowest BCUT2D eigenvalue weighted by molar-refractivity contribution is -0.141. The lowest BCUT2D eigenvalue weighted by Crippen LogP contribution is -2.41. The smallest absolute Gasteiger partial charge is 0.233 e. The second kappa shape index (κ2) is 7.08. The molecule has 1 saturated heterocycles. The molecule has 7 heteroatoms. The third-order valence-electron chi connectivity index (χ3n) is 7.65. The van der Waals surface area contributed by atoms with E-state index in [1.807, 2.05) is 48.5 Å². The molecule has 2 aromatic carbocycles. The van der Waals surface area contributed by atoms with Gasteiger partial charge in [0.15, 0.2) is 0 Å². The van der Waals surface area contributed by atoms with Crippen molar-refractivity contribution in [3.05, 3.63) is 59.7 Å². The van der Waals surface area contributed by atoms with E-state index in [0.717, 1.165) is 23.3 Å². The molecular formula is C25H24N2O5. The molecule has 6 rings (SSSR count). The number of rotatable bonds is 5. The van der Waals surface area contributed by atoms with E-state index in [1.54, 1.807) is 14.2 Å². The molecule has 2 bridgehead atoms. The maximum Gasteiger partial charge on any atom is 0.233 e. The Balaban J connectivity index is 1.31. The highest BCUT2D eigenvalue weighted by atomic mass is 16.6. The van der Waals surface area contributed by atoms with E-state index >= 15 is 0 Å². The summed E-state index contributed by atoms with van der Waals surface area (Å²) in [6, 6.07) is 15.3. The number of oxime groups is 1. The van der Waals surface area contributed by atoms with Crippen LogP contribution in [0.3, 0.4) is 0 Å². The SMILES string of the molecule is COc1ccc(C2=NO[C@@H]3[C@@H]4C[C@@H]([C@H]5C(=O)N(Cc6ccccc6)C(=O)[C@@H]45)[C@H]23)c(OC)c1. The molecule has 0 unspecified atom stereocenters. The fourth-order valence-corrected chi connectivity index (χ4v) is 6.34. The predicted molar refractivity (Wildman–Crippen MR) is 115 cm³/mol. The first-order valence-corrected chi connectivity index (χ1v) is 11.0. The second-order valence-electron chi connectivity index (χ2n) is 9.00. The molecule has 0 radical (unpaired) electrons. The Hall–Kier alpha value is -3.35. The standard InChI is InChI=1S/C25H24N2O5/c1-30-14-8-9-15(18(10-14)31-2)22-21-16-11-17(23(21)32-26-22)20-19(16)24(28)27(25(20)29)12-13-6-4-3-5-7-13/h3-10,16-17,19-21,23H,11-12H2,1-2H3/t16-,17+,19+,20-,21+,23+/m0/s1. The van der Waals surface area contributed by atoms with Crippen LogP contribution in [0.5, 0.6) is 11.5 Å². The first kappa shape index (κ1) is 19.3. The molecule has 4 aliphatic rings. The van der Waals surface area contributed by atoms with Gasteiger partial charge in [0.25, 0.3) is 0 Å². The van der Waals surface area contributed by atoms with Crippen LogP contribution in [0.4, 0.5) is 0 Å². The summed E-state index contributed by atoms with van der Waals surface area (Å²) in [7, 11) is 3.23. The van der Waals surface area contributed by atoms with Gasteiger partial charge in [-0.15, -0.1) is 0 Å². The van der Waals surface area contributed by atoms with E-state index in [2.05, 4.69) is 5.16 Å². The van der Waals surface area contributed by atoms with Gasteiger partial charge in [-0.1, -0.05) is 35.5 Å². The minimum atomic E-state index is -0.301. The Kier molecular flexibility index (Phi) is 4.28. The number of hydrogen-bond acceptors (Lipinski definition) is 6. The Labute approximate surface area is 185 Å². The Morgan fingerprint density at radius 2 is 1.72 bits per heavy atom. The third kappa shape index (κ3) is 2.57. The van der Waals surface area contributed by atoms with Crippen LogP contribution in [-0.4, -0.2) is 42.7 Å². The fourth-order valence-electron chi connectivity index (χ4n) is 6.34. The lowest BCUT2D eigenvalue weighted by atomic mass is 9.71. The predicted octanol–water partition coefficient (Wildman–Crippen LogP) is 2.87. The van der Waals surface area contributed by atoms with Crippen LogP contribution in [-0.2, 0) is 21.0 Å². The van der Waals surface area contributed by atoms with Crippen molar-refractivity contribution in [3.63, 3.8) is 0 Å². The highest BCUT2D eigenvalue weighted by molar-refractivity contribution is 6.09. The number of nitrogens with zero attached hydrogens (tertiary/aromatic N) is 2. The van der Waals surface area contributed by atoms with Gasteiger partial charge in [0.05, 0.1) is 38.3 Å². The highest BCUT2D eigenvalue weighted by Crippen LogP contribution is 2.62. The number of hydrogen-bond donors (Lipinski definition) is 0. The molecule has 2 aliphatic carbocycles. The lowest BCUT2D eigenvalue weighted by Gasteiger charge is -2.30. The van der Waals surface area contributed by atoms with Crippen LogP contribution in [0.1, 0.15) is 17.5 Å². The molecule has 6 atom stereocenters. The van der Waals surface area contributed by atoms with Crippen molar-refractivity contribution in [1.82, 2.24) is 4.90 Å². The zero-order valence-corrected chi connectivity index (χ0v) is 17.9. The molecule has 2 aliphatic heterocycles. The van der Waals surface area contributed by atoms with E-state index in [0.29, 0.717) is 18.0 Å². The van der Waals surface area contributed by atoms with E-state index < -0.39 is 0 Å². The minimum Gasteiger partial charge on any atom is -0.497 e. The van der Waals surface area contributed by atoms with Gasteiger partial charge in [-0.25, -0.2) is 0 Å². The maximum absolute atomic E-state index is 13.4. The van der Waals surface area contributed by atoms with E-state index in [4.69, 9.17) is 14.3 Å². The molecule has 0 aromatic heterocycles. The van der Waals surface area contributed by atoms with Crippen molar-refractivity contribution >= 4 is 17.5 Å². The van der Waals surface area contributed by atoms with Gasteiger partial charge in [-0.05, 0) is 30.0 Å². The number of benzene rings is 2. The molecular weight excluding hydrogens is 408 g/mol. The maximum atomic E-state index is 13.4. The number of imide groups is 1. The van der Waals surface area contributed by atoms with Crippen LogP contribution in [0.2, 0.25) is 0 Å². The number of carbonyl (C=O) groups is 2. The minimum absolute atomic E-state index is 0.0118. The summed E-state index contributed by atoms with van der Waals surface area (Å²) in [5, 5.41) is 4.42. The first-order chi connectivity index (χ1) is 15.6. The first-order valence-electron chi connectivity index (χ1n) is 11.0. The molecule has 164 valence electrons. The molecule has 0 spiro atoms. The van der Waals surface area contributed by atoms with E-state index in [9.17, 15) is 9.59 Å². The average molecular weight is 432 g/mol. The van der Waals surface area contributed by atoms with Gasteiger partial charge in [-0.3, -0.25) is 14.5 Å². The molecule has 0 N–H and O–H groups in total. The van der Waals surface area contributed by atoms with E-state index in [-0.39, 0.29) is 47.5 Å². The summed E-state index contributed by atoms with van der Waals surface area (Å²) in [5.41, 5.74) is 2.62. The fraction of sp³-hybridized carbons (Fsp3) is 0.400. The second-order valence-corrected chi connectivity index (χ2v) is 9.00. The Morgan fingerprint density at radius 1 is 0.969 bits per heavy atom. The number of likely N-dealkylation sites (tertiary alicyclic amines) is 1. The molecule has 3 fully saturated rings. The van der Waals surface area contributed by atoms with E-state index in [1.165, 1.54) is 4.90 Å². The average Bonchev–Trinajstić information content (AvgIpc) is 3.56. The zero-order chi connectivity index (χ0) is 22.0. The van der Waals surface area contributed by atoms with Gasteiger partial charge in [0.2, 0.25) is 11.8 Å². The van der Waals surface area contributed by atoms with Gasteiger partial charge in [0.1, 0.15) is 17.6 Å². The van der Waals surface area contributed by atoms with Crippen molar-refractivity contribution in [2.24, 2.45) is 34.7 Å². The van der Waals surface area contributed by atoms with Crippen molar-refractivity contribution in [3.8, 4) is 11.5 Å². The van der Waals surface area contributed by atoms with Gasteiger partial charge >= 0.3 is 0 Å². The zero-order valence-electron chi connectivity index (χ0n) is 17.9. The van der Waals surface area contributed by atoms with Gasteiger partial charge in [-0.2, -0.15) is 0 Å². The third-order valence-corrected chi connectivity index (χ3v) is 7.65. The molecule has 2 amide bonds. The Bertz CT molecular complexity index is 1130. The van der Waals surface area contributed by atoms with Crippen LogP contribution in [0.15, 0.2) is 53.7 Å². The number of methoxy groups -OCH3 is 2. The topological polar surface area (TPSA) is 77.4 Å². The van der Waals surface area contributed by atoms with Gasteiger partial charge < -0.3 is 14.3 Å². The summed E-state index contributed by atoms with van der Waals surface area (Å²) < 4.78 is 10.9. The number of fused-ring (bicyclic) bond motifs is 8. The van der Waals surface area contributed by atoms with Crippen LogP contribution in [0, 0.1) is 29.6 Å². The summed E-state index contributed by atoms with van der Waals surface area (Å²) in [4.78, 5) is 34.0. The quantitative estimate of drug-likeness (QED) is 0.679. The summed E-state index contributed by atoms with van der Waals surface area (Å²) in [6.45, 7) is 0.328. The van der Waals surface area contributed by atoms with Crippen molar-refractivity contribution < 1.29 is 23.9 Å². The van der Waals surface area contributed by atoms with Gasteiger partial charge in [0, 0.05) is 23.5 Å². The van der Waals surface area contributed by atoms with Crippen molar-refractivity contribution in [1.29, 1.82) is 0 Å². The van der Waals surface area contributed by atoms with Crippen LogP contribution < -0.4 is 9.47 Å². The normalized spacial score (nSPS) is 31.9. The molecule has 7 nitrogen and oxygen atoms in total. The molecule has 2 saturated carbocycles. The van der Waals surface area contributed by atoms with Crippen LogP contribution >= 0.6 is 0 Å². The molecule has 32 heavy (non-hydrogen) atoms. The summed E-state index contributed by atoms with van der Waals surface area (Å²) >= 11 is 0. The Morgan fingerprint density at radius 3 is 2.44 bits per heavy atom. The summed E-state index contributed by atoms with van der Waals surface area (Å²) in [6.07, 6.45) is 0.648. The number of carbonyl (C=O) groups excluding carboxylic acids is 2. The summed E-state index contributed by atoms with van der Waals surface area (Å²) in [5.74, 6) is 0.680. The highest BCUT2D eigenvalue weighted by Gasteiger charge is 2.70. The monoisotopic (exact) mass is 432 g/mol. The number of ether oxygens (including phenoxy) is 2. The van der Waals surface area contributed by atoms with Crippen LogP contribution in [0.25, 0.3) is 0 Å². The van der Waals surface area contributed by atoms with Crippen molar-refractivity contribution in [2.75, 3.05) is 14.2 Å².